The monoisotopic (exact) mass is 547 g/mol. The van der Waals surface area contributed by atoms with Gasteiger partial charge in [0.1, 0.15) is 34.7 Å². The zero-order chi connectivity index (χ0) is 29.1. The van der Waals surface area contributed by atoms with Crippen LogP contribution in [0.25, 0.3) is 11.2 Å². The van der Waals surface area contributed by atoms with Gasteiger partial charge >= 0.3 is 0 Å². The molecule has 2 aliphatic heterocycles. The molecule has 0 radical (unpaired) electrons. The van der Waals surface area contributed by atoms with E-state index in [-0.39, 0.29) is 12.2 Å². The summed E-state index contributed by atoms with van der Waals surface area (Å²) >= 11 is 0. The molecule has 0 aliphatic carbocycles. The molecular weight excluding hydrogens is 506 g/mol. The maximum Gasteiger partial charge on any atom is 0.162 e. The zero-order valence-corrected chi connectivity index (χ0v) is 24.3. The molecule has 0 aromatic carbocycles. The van der Waals surface area contributed by atoms with E-state index in [0.29, 0.717) is 23.8 Å². The van der Waals surface area contributed by atoms with Gasteiger partial charge in [0, 0.05) is 37.0 Å². The molecule has 2 unspecified atom stereocenters. The zero-order valence-electron chi connectivity index (χ0n) is 24.3. The maximum atomic E-state index is 5.89. The summed E-state index contributed by atoms with van der Waals surface area (Å²) in [6.45, 7) is 14.5. The van der Waals surface area contributed by atoms with Crippen molar-refractivity contribution in [2.75, 3.05) is 11.1 Å². The highest BCUT2D eigenvalue weighted by Gasteiger charge is 2.22. The van der Waals surface area contributed by atoms with Crippen LogP contribution in [0, 0.1) is 0 Å². The third kappa shape index (κ3) is 5.89. The van der Waals surface area contributed by atoms with E-state index >= 15 is 0 Å². The maximum absolute atomic E-state index is 5.89. The highest BCUT2D eigenvalue weighted by atomic mass is 15.2. The molecule has 214 valence electrons. The number of hydrogen-bond donors (Lipinski definition) is 4. The largest absolute Gasteiger partial charge is 0.397 e. The van der Waals surface area contributed by atoms with E-state index in [2.05, 4.69) is 81.3 Å². The summed E-state index contributed by atoms with van der Waals surface area (Å²) in [6, 6.07) is 2.90. The fraction of sp³-hybridized carbons (Fsp3) is 0.481. The number of pyridine rings is 1. The Kier molecular flexibility index (Phi) is 8.64. The van der Waals surface area contributed by atoms with Gasteiger partial charge in [-0.2, -0.15) is 0 Å². The number of fused-ring (bicyclic) bond motifs is 3. The predicted molar refractivity (Wildman–Crippen MR) is 161 cm³/mol. The average Bonchev–Trinajstić information content (AvgIpc) is 3.62. The molecule has 13 heteroatoms. The molecule has 0 amide bonds. The predicted octanol–water partition coefficient (Wildman–Crippen LogP) is 4.43. The average molecular weight is 548 g/mol. The van der Waals surface area contributed by atoms with Crippen LogP contribution in [0.4, 0.5) is 17.3 Å². The van der Waals surface area contributed by atoms with Crippen molar-refractivity contribution in [3.63, 3.8) is 0 Å². The SMILES string of the molecule is CC(C)n1cnc2c(N)ccnc21.CC(C)n1cnc2c1N=CCC2N.CC1=NC(N)c2ncn(C(C)C)c2N1. The van der Waals surface area contributed by atoms with Crippen molar-refractivity contribution in [2.45, 2.75) is 85.2 Å². The van der Waals surface area contributed by atoms with Crippen LogP contribution in [0.5, 0.6) is 0 Å². The molecular formula is C27H41N13. The van der Waals surface area contributed by atoms with E-state index < -0.39 is 0 Å². The van der Waals surface area contributed by atoms with Crippen LogP contribution in [0.2, 0.25) is 0 Å². The number of nitrogens with two attached hydrogens (primary N) is 3. The van der Waals surface area contributed by atoms with Crippen molar-refractivity contribution in [2.24, 2.45) is 21.5 Å². The molecule has 13 nitrogen and oxygen atoms in total. The molecule has 4 aromatic heterocycles. The number of imidazole rings is 3. The molecule has 40 heavy (non-hydrogen) atoms. The lowest BCUT2D eigenvalue weighted by Crippen LogP contribution is -2.23. The Morgan fingerprint density at radius 3 is 2.15 bits per heavy atom. The van der Waals surface area contributed by atoms with Gasteiger partial charge in [0.2, 0.25) is 0 Å². The van der Waals surface area contributed by atoms with E-state index in [1.165, 1.54) is 0 Å². The van der Waals surface area contributed by atoms with Gasteiger partial charge < -0.3 is 36.2 Å². The van der Waals surface area contributed by atoms with Crippen LogP contribution in [0.3, 0.4) is 0 Å². The fourth-order valence-electron chi connectivity index (χ4n) is 4.42. The summed E-state index contributed by atoms with van der Waals surface area (Å²) in [7, 11) is 0. The fourth-order valence-corrected chi connectivity index (χ4v) is 4.42. The third-order valence-corrected chi connectivity index (χ3v) is 6.61. The van der Waals surface area contributed by atoms with Crippen molar-refractivity contribution in [1.29, 1.82) is 0 Å². The second-order valence-electron chi connectivity index (χ2n) is 10.7. The smallest absolute Gasteiger partial charge is 0.162 e. The van der Waals surface area contributed by atoms with Crippen LogP contribution >= 0.6 is 0 Å². The first-order valence-corrected chi connectivity index (χ1v) is 13.5. The summed E-state index contributed by atoms with van der Waals surface area (Å²) in [5, 5.41) is 3.19. The summed E-state index contributed by atoms with van der Waals surface area (Å²) < 4.78 is 6.12. The van der Waals surface area contributed by atoms with E-state index in [1.54, 1.807) is 24.9 Å². The second kappa shape index (κ2) is 12.0. The van der Waals surface area contributed by atoms with E-state index in [1.807, 2.05) is 28.6 Å². The Morgan fingerprint density at radius 2 is 1.48 bits per heavy atom. The second-order valence-corrected chi connectivity index (χ2v) is 10.7. The van der Waals surface area contributed by atoms with Crippen molar-refractivity contribution >= 4 is 40.5 Å². The topological polar surface area (TPSA) is 181 Å². The van der Waals surface area contributed by atoms with Gasteiger partial charge in [0.25, 0.3) is 0 Å². The lowest BCUT2D eigenvalue weighted by atomic mass is 10.1. The Balaban J connectivity index is 0.000000139. The summed E-state index contributed by atoms with van der Waals surface area (Å²) in [5.41, 5.74) is 21.6. The number of amidine groups is 1. The first-order chi connectivity index (χ1) is 19.0. The number of nitrogen functional groups attached to an aromatic ring is 1. The lowest BCUT2D eigenvalue weighted by molar-refractivity contribution is 0.600. The van der Waals surface area contributed by atoms with E-state index in [9.17, 15) is 0 Å². The molecule has 6 rings (SSSR count). The number of aromatic nitrogens is 7. The van der Waals surface area contributed by atoms with E-state index in [0.717, 1.165) is 46.4 Å². The normalized spacial score (nSPS) is 17.6. The van der Waals surface area contributed by atoms with Gasteiger partial charge in [-0.05, 0) is 54.5 Å². The van der Waals surface area contributed by atoms with Crippen LogP contribution in [-0.4, -0.2) is 45.7 Å². The Labute approximate surface area is 234 Å². The minimum absolute atomic E-state index is 0.0208. The summed E-state index contributed by atoms with van der Waals surface area (Å²) in [5.74, 6) is 2.74. The summed E-state index contributed by atoms with van der Waals surface area (Å²) in [6.07, 6.45) is 9.44. The lowest BCUT2D eigenvalue weighted by Gasteiger charge is -2.20. The van der Waals surface area contributed by atoms with Gasteiger partial charge in [-0.25, -0.2) is 29.9 Å². The van der Waals surface area contributed by atoms with Crippen LogP contribution in [0.1, 0.15) is 96.6 Å². The van der Waals surface area contributed by atoms with Gasteiger partial charge in [-0.3, -0.25) is 0 Å². The minimum atomic E-state index is -0.328. The minimum Gasteiger partial charge on any atom is -0.397 e. The molecule has 0 saturated carbocycles. The molecule has 2 atom stereocenters. The van der Waals surface area contributed by atoms with Gasteiger partial charge in [-0.15, -0.1) is 0 Å². The van der Waals surface area contributed by atoms with Crippen molar-refractivity contribution in [1.82, 2.24) is 33.6 Å². The summed E-state index contributed by atoms with van der Waals surface area (Å²) in [4.78, 5) is 25.5. The molecule has 6 heterocycles. The number of nitrogens with zero attached hydrogens (tertiary/aromatic N) is 9. The van der Waals surface area contributed by atoms with Crippen LogP contribution in [-0.2, 0) is 0 Å². The Hall–Kier alpha value is -4.10. The molecule has 2 aliphatic rings. The number of aliphatic imine (C=N–C) groups is 2. The van der Waals surface area contributed by atoms with Gasteiger partial charge in [-0.1, -0.05) is 0 Å². The number of hydrogen-bond acceptors (Lipinski definition) is 10. The number of rotatable bonds is 3. The van der Waals surface area contributed by atoms with Crippen LogP contribution < -0.4 is 22.5 Å². The molecule has 0 fully saturated rings. The molecule has 0 spiro atoms. The Bertz CT molecular complexity index is 1500. The number of anilines is 2. The van der Waals surface area contributed by atoms with Gasteiger partial charge in [0.15, 0.2) is 11.5 Å². The van der Waals surface area contributed by atoms with Crippen LogP contribution in [0.15, 0.2) is 41.2 Å². The van der Waals surface area contributed by atoms with Crippen molar-refractivity contribution < 1.29 is 0 Å². The third-order valence-electron chi connectivity index (χ3n) is 6.61. The number of nitrogens with one attached hydrogen (secondary N) is 1. The van der Waals surface area contributed by atoms with Crippen molar-refractivity contribution in [3.05, 3.63) is 42.6 Å². The molecule has 4 aromatic rings. The standard InChI is InChI=1S/C9H15N5.C9H14N4.C9H12N4/c1-5(2)14-4-11-7-8(10)12-6(3)13-9(7)14;2*1-6(2)13-5-12-8-7(10)3-4-11-9(8)13/h4-5,8H,10H2,1-3H3,(H,12,13);4-7H,3,10H2,1-2H3;3-6H,1-2H3,(H2,10,11). The highest BCUT2D eigenvalue weighted by Crippen LogP contribution is 2.30. The van der Waals surface area contributed by atoms with Gasteiger partial charge in [0.05, 0.1) is 30.7 Å². The first-order valence-electron chi connectivity index (χ1n) is 13.5. The Morgan fingerprint density at radius 1 is 0.850 bits per heavy atom. The molecule has 7 N–H and O–H groups in total. The quantitative estimate of drug-likeness (QED) is 0.290. The van der Waals surface area contributed by atoms with E-state index in [4.69, 9.17) is 17.2 Å². The molecule has 0 saturated heterocycles. The first kappa shape index (κ1) is 28.9. The molecule has 0 bridgehead atoms. The highest BCUT2D eigenvalue weighted by molar-refractivity contribution is 5.95. The van der Waals surface area contributed by atoms with Crippen molar-refractivity contribution in [3.8, 4) is 0 Å².